The first-order chi connectivity index (χ1) is 16.9. The van der Waals surface area contributed by atoms with Gasteiger partial charge in [-0.3, -0.25) is 14.5 Å². The van der Waals surface area contributed by atoms with E-state index in [0.717, 1.165) is 24.1 Å². The molecule has 2 heterocycles. The number of anilines is 1. The van der Waals surface area contributed by atoms with Gasteiger partial charge in [0, 0.05) is 42.3 Å². The number of Topliss-reactive ketones (excluding diaryl/α,β-unsaturated/α-hetero) is 1. The number of hydrogen-bond acceptors (Lipinski definition) is 6. The minimum atomic E-state index is -0.923. The number of amides is 2. The molecule has 3 atom stereocenters. The van der Waals surface area contributed by atoms with Crippen LogP contribution in [0, 0.1) is 0 Å². The van der Waals surface area contributed by atoms with Crippen LogP contribution in [-0.4, -0.2) is 56.2 Å². The predicted octanol–water partition coefficient (Wildman–Crippen LogP) is 3.64. The number of carbonyl (C=O) groups is 3. The SMILES string of the molecule is O=C(CCC(=O)c1ccc(CS)cc1)NC[C@H]1CN(c2ccc([C@@H]3CCNC[C@H]3F)cc2)C(=O)O1. The average Bonchev–Trinajstić information content (AvgIpc) is 3.26. The van der Waals surface area contributed by atoms with Gasteiger partial charge in [-0.2, -0.15) is 12.6 Å². The highest BCUT2D eigenvalue weighted by atomic mass is 32.1. The summed E-state index contributed by atoms with van der Waals surface area (Å²) in [6.07, 6.45) is -0.996. The van der Waals surface area contributed by atoms with Crippen molar-refractivity contribution in [3.8, 4) is 0 Å². The Labute approximate surface area is 209 Å². The number of thiol groups is 1. The second-order valence-electron chi connectivity index (χ2n) is 8.91. The van der Waals surface area contributed by atoms with E-state index in [4.69, 9.17) is 4.74 Å². The molecule has 35 heavy (non-hydrogen) atoms. The van der Waals surface area contributed by atoms with Gasteiger partial charge in [0.05, 0.1) is 13.1 Å². The van der Waals surface area contributed by atoms with Crippen LogP contribution >= 0.6 is 12.6 Å². The van der Waals surface area contributed by atoms with Crippen molar-refractivity contribution < 1.29 is 23.5 Å². The third kappa shape index (κ3) is 6.41. The van der Waals surface area contributed by atoms with E-state index in [1.165, 1.54) is 4.90 Å². The normalized spacial score (nSPS) is 22.1. The maximum Gasteiger partial charge on any atom is 0.414 e. The molecule has 0 aliphatic carbocycles. The van der Waals surface area contributed by atoms with Crippen molar-refractivity contribution in [2.45, 2.75) is 43.2 Å². The van der Waals surface area contributed by atoms with E-state index in [0.29, 0.717) is 30.1 Å². The number of nitrogens with one attached hydrogen (secondary N) is 2. The summed E-state index contributed by atoms with van der Waals surface area (Å²) in [7, 11) is 0. The molecule has 7 nitrogen and oxygen atoms in total. The Morgan fingerprint density at radius 3 is 2.54 bits per heavy atom. The molecule has 2 fully saturated rings. The highest BCUT2D eigenvalue weighted by Crippen LogP contribution is 2.30. The van der Waals surface area contributed by atoms with Gasteiger partial charge in [-0.1, -0.05) is 36.4 Å². The Balaban J connectivity index is 1.23. The van der Waals surface area contributed by atoms with E-state index in [1.54, 1.807) is 24.3 Å². The summed E-state index contributed by atoms with van der Waals surface area (Å²) in [6.45, 7) is 1.61. The molecule has 0 unspecified atom stereocenters. The highest BCUT2D eigenvalue weighted by molar-refractivity contribution is 7.79. The van der Waals surface area contributed by atoms with Gasteiger partial charge < -0.3 is 15.4 Å². The summed E-state index contributed by atoms with van der Waals surface area (Å²) >= 11 is 4.20. The molecule has 2 N–H and O–H groups in total. The first kappa shape index (κ1) is 25.2. The number of ketones is 1. The molecule has 2 amide bonds. The molecule has 2 aromatic rings. The van der Waals surface area contributed by atoms with Crippen LogP contribution in [0.1, 0.15) is 46.7 Å². The van der Waals surface area contributed by atoms with Gasteiger partial charge in [0.2, 0.25) is 5.91 Å². The number of cyclic esters (lactones) is 1. The Morgan fingerprint density at radius 1 is 1.11 bits per heavy atom. The third-order valence-electron chi connectivity index (χ3n) is 6.48. The summed E-state index contributed by atoms with van der Waals surface area (Å²) < 4.78 is 19.6. The van der Waals surface area contributed by atoms with Crippen LogP contribution in [0.4, 0.5) is 14.9 Å². The molecule has 4 rings (SSSR count). The largest absolute Gasteiger partial charge is 0.442 e. The Morgan fingerprint density at radius 2 is 1.86 bits per heavy atom. The van der Waals surface area contributed by atoms with E-state index < -0.39 is 18.4 Å². The van der Waals surface area contributed by atoms with Gasteiger partial charge in [-0.05, 0) is 36.2 Å². The number of benzene rings is 2. The highest BCUT2D eigenvalue weighted by Gasteiger charge is 2.33. The van der Waals surface area contributed by atoms with Crippen LogP contribution in [0.25, 0.3) is 0 Å². The first-order valence-corrected chi connectivity index (χ1v) is 12.5. The molecular weight excluding hydrogens is 469 g/mol. The lowest BCUT2D eigenvalue weighted by atomic mass is 9.88. The molecule has 2 saturated heterocycles. The number of hydrogen-bond donors (Lipinski definition) is 3. The van der Waals surface area contributed by atoms with Crippen molar-refractivity contribution in [3.63, 3.8) is 0 Å². The molecule has 0 saturated carbocycles. The van der Waals surface area contributed by atoms with E-state index >= 15 is 0 Å². The van der Waals surface area contributed by atoms with Gasteiger partial charge >= 0.3 is 6.09 Å². The van der Waals surface area contributed by atoms with Crippen molar-refractivity contribution in [2.24, 2.45) is 0 Å². The van der Waals surface area contributed by atoms with Gasteiger partial charge in [-0.15, -0.1) is 0 Å². The van der Waals surface area contributed by atoms with Crippen LogP contribution in [0.5, 0.6) is 0 Å². The zero-order valence-electron chi connectivity index (χ0n) is 19.4. The fourth-order valence-electron chi connectivity index (χ4n) is 4.42. The van der Waals surface area contributed by atoms with Gasteiger partial charge in [-0.25, -0.2) is 9.18 Å². The number of alkyl halides is 1. The number of rotatable bonds is 9. The number of ether oxygens (including phenoxy) is 1. The smallest absolute Gasteiger partial charge is 0.414 e. The second-order valence-corrected chi connectivity index (χ2v) is 9.22. The summed E-state index contributed by atoms with van der Waals surface area (Å²) in [5.41, 5.74) is 3.18. The molecule has 0 spiro atoms. The molecule has 0 bridgehead atoms. The van der Waals surface area contributed by atoms with Gasteiger partial charge in [0.15, 0.2) is 5.78 Å². The second kappa shape index (κ2) is 11.7. The Hall–Kier alpha value is -2.91. The lowest BCUT2D eigenvalue weighted by molar-refractivity contribution is -0.121. The summed E-state index contributed by atoms with van der Waals surface area (Å²) in [5.74, 6) is 0.0879. The summed E-state index contributed by atoms with van der Waals surface area (Å²) in [6, 6.07) is 14.5. The molecule has 2 aliphatic rings. The molecule has 0 radical (unpaired) electrons. The maximum atomic E-state index is 14.2. The van der Waals surface area contributed by atoms with Gasteiger partial charge in [0.1, 0.15) is 12.3 Å². The number of carbonyl (C=O) groups excluding carboxylic acids is 3. The van der Waals surface area contributed by atoms with Crippen LogP contribution in [0.3, 0.4) is 0 Å². The Bertz CT molecular complexity index is 1050. The number of piperidine rings is 1. The topological polar surface area (TPSA) is 87.7 Å². The quantitative estimate of drug-likeness (QED) is 0.362. The van der Waals surface area contributed by atoms with Crippen LogP contribution in [-0.2, 0) is 15.3 Å². The van der Waals surface area contributed by atoms with Crippen molar-refractivity contribution in [1.82, 2.24) is 10.6 Å². The first-order valence-electron chi connectivity index (χ1n) is 11.9. The summed E-state index contributed by atoms with van der Waals surface area (Å²) in [4.78, 5) is 38.4. The predicted molar refractivity (Wildman–Crippen MR) is 135 cm³/mol. The van der Waals surface area contributed by atoms with E-state index in [1.807, 2.05) is 24.3 Å². The molecule has 186 valence electrons. The summed E-state index contributed by atoms with van der Waals surface area (Å²) in [5, 5.41) is 5.80. The molecular formula is C26H30FN3O4S. The molecule has 2 aliphatic heterocycles. The van der Waals surface area contributed by atoms with Crippen LogP contribution in [0.2, 0.25) is 0 Å². The zero-order valence-corrected chi connectivity index (χ0v) is 20.3. The van der Waals surface area contributed by atoms with Crippen LogP contribution in [0.15, 0.2) is 48.5 Å². The lowest BCUT2D eigenvalue weighted by Crippen LogP contribution is -2.36. The molecule has 2 aromatic carbocycles. The van der Waals surface area contributed by atoms with E-state index in [-0.39, 0.29) is 37.0 Å². The zero-order chi connectivity index (χ0) is 24.8. The fraction of sp³-hybridized carbons (Fsp3) is 0.423. The number of nitrogens with zero attached hydrogens (tertiary/aromatic N) is 1. The Kier molecular flexibility index (Phi) is 8.41. The molecule has 0 aromatic heterocycles. The van der Waals surface area contributed by atoms with E-state index in [2.05, 4.69) is 23.3 Å². The van der Waals surface area contributed by atoms with Crippen LogP contribution < -0.4 is 15.5 Å². The molecule has 9 heteroatoms. The number of halogens is 1. The van der Waals surface area contributed by atoms with Crippen molar-refractivity contribution >= 4 is 36.1 Å². The van der Waals surface area contributed by atoms with Crippen molar-refractivity contribution in [2.75, 3.05) is 31.1 Å². The lowest BCUT2D eigenvalue weighted by Gasteiger charge is -2.27. The standard InChI is InChI=1S/C26H30FN3O4S/c27-23-14-28-12-11-22(23)18-5-7-20(8-6-18)30-15-21(34-26(30)33)13-29-25(32)10-9-24(31)19-3-1-17(16-35)2-4-19/h1-8,21-23,28,35H,9-16H2,(H,29,32)/t21-,22-,23+/m0/s1. The fourth-order valence-corrected chi connectivity index (χ4v) is 4.63. The maximum absolute atomic E-state index is 14.2. The third-order valence-corrected chi connectivity index (χ3v) is 6.84. The minimum Gasteiger partial charge on any atom is -0.442 e. The van der Waals surface area contributed by atoms with Crippen molar-refractivity contribution in [3.05, 3.63) is 65.2 Å². The van der Waals surface area contributed by atoms with E-state index in [9.17, 15) is 18.8 Å². The monoisotopic (exact) mass is 499 g/mol. The average molecular weight is 500 g/mol. The minimum absolute atomic E-state index is 0.0608. The van der Waals surface area contributed by atoms with Gasteiger partial charge in [0.25, 0.3) is 0 Å². The van der Waals surface area contributed by atoms with Crippen molar-refractivity contribution in [1.29, 1.82) is 0 Å².